The van der Waals surface area contributed by atoms with Gasteiger partial charge in [0.05, 0.1) is 23.9 Å². The van der Waals surface area contributed by atoms with Gasteiger partial charge < -0.3 is 21.3 Å². The average Bonchev–Trinajstić information content (AvgIpc) is 2.38. The number of fused-ring (bicyclic) bond motifs is 1. The number of aliphatic hydroxyl groups is 2. The lowest BCUT2D eigenvalue weighted by Gasteiger charge is -2.12. The van der Waals surface area contributed by atoms with Crippen molar-refractivity contribution in [2.75, 3.05) is 24.2 Å². The molecule has 0 aliphatic heterocycles. The van der Waals surface area contributed by atoms with Crippen molar-refractivity contribution >= 4 is 22.3 Å². The standard InChI is InChI=1S/C12H15N3O2/c13-10-3-4-11(15-6-8(17)7-16)12-9(10)2-1-5-14-12/h1-5,8,15-17H,6-7,13H2. The molecular weight excluding hydrogens is 218 g/mol. The van der Waals surface area contributed by atoms with E-state index in [1.807, 2.05) is 18.2 Å². The quantitative estimate of drug-likeness (QED) is 0.580. The lowest BCUT2D eigenvalue weighted by molar-refractivity contribution is 0.105. The van der Waals surface area contributed by atoms with E-state index in [0.717, 1.165) is 16.6 Å². The van der Waals surface area contributed by atoms with Crippen LogP contribution in [0.1, 0.15) is 0 Å². The summed E-state index contributed by atoms with van der Waals surface area (Å²) in [5.41, 5.74) is 8.07. The topological polar surface area (TPSA) is 91.4 Å². The van der Waals surface area contributed by atoms with E-state index < -0.39 is 6.10 Å². The minimum atomic E-state index is -0.786. The summed E-state index contributed by atoms with van der Waals surface area (Å²) in [4.78, 5) is 4.26. The molecule has 2 rings (SSSR count). The van der Waals surface area contributed by atoms with E-state index in [1.165, 1.54) is 0 Å². The first-order valence-electron chi connectivity index (χ1n) is 5.38. The van der Waals surface area contributed by atoms with Gasteiger partial charge in [-0.1, -0.05) is 0 Å². The number of pyridine rings is 1. The molecule has 0 saturated carbocycles. The van der Waals surface area contributed by atoms with Gasteiger partial charge in [0, 0.05) is 23.8 Å². The van der Waals surface area contributed by atoms with Crippen LogP contribution in [-0.4, -0.2) is 34.5 Å². The molecule has 0 bridgehead atoms. The molecule has 0 spiro atoms. The molecule has 0 amide bonds. The Labute approximate surface area is 98.9 Å². The molecule has 0 radical (unpaired) electrons. The smallest absolute Gasteiger partial charge is 0.0953 e. The number of benzene rings is 1. The summed E-state index contributed by atoms with van der Waals surface area (Å²) in [6, 6.07) is 7.32. The van der Waals surface area contributed by atoms with Crippen LogP contribution in [0.4, 0.5) is 11.4 Å². The van der Waals surface area contributed by atoms with Gasteiger partial charge in [-0.3, -0.25) is 4.98 Å². The predicted molar refractivity (Wildman–Crippen MR) is 67.7 cm³/mol. The van der Waals surface area contributed by atoms with Crippen molar-refractivity contribution in [2.45, 2.75) is 6.10 Å². The first-order chi connectivity index (χ1) is 8.22. The lowest BCUT2D eigenvalue weighted by atomic mass is 10.1. The van der Waals surface area contributed by atoms with Crippen molar-refractivity contribution < 1.29 is 10.2 Å². The number of rotatable bonds is 4. The zero-order valence-corrected chi connectivity index (χ0v) is 9.30. The van der Waals surface area contributed by atoms with Gasteiger partial charge in [0.2, 0.25) is 0 Å². The number of nitrogens with two attached hydrogens (primary N) is 1. The zero-order chi connectivity index (χ0) is 12.3. The summed E-state index contributed by atoms with van der Waals surface area (Å²) in [6.45, 7) is -0.000569. The third-order valence-electron chi connectivity index (χ3n) is 2.54. The van der Waals surface area contributed by atoms with Crippen LogP contribution < -0.4 is 11.1 Å². The monoisotopic (exact) mass is 233 g/mol. The Bertz CT molecular complexity index is 516. The molecule has 5 nitrogen and oxygen atoms in total. The van der Waals surface area contributed by atoms with E-state index in [-0.39, 0.29) is 13.2 Å². The third-order valence-corrected chi connectivity index (χ3v) is 2.54. The number of hydrogen-bond donors (Lipinski definition) is 4. The molecule has 5 heteroatoms. The van der Waals surface area contributed by atoms with Crippen LogP contribution in [0.3, 0.4) is 0 Å². The summed E-state index contributed by atoms with van der Waals surface area (Å²) in [5, 5.41) is 21.9. The predicted octanol–water partition coefficient (Wildman–Crippen LogP) is 0.582. The fourth-order valence-corrected chi connectivity index (χ4v) is 1.63. The van der Waals surface area contributed by atoms with Crippen LogP contribution in [0.2, 0.25) is 0 Å². The maximum absolute atomic E-state index is 9.29. The Morgan fingerprint density at radius 1 is 1.35 bits per heavy atom. The molecule has 2 aromatic rings. The third kappa shape index (κ3) is 2.46. The fourth-order valence-electron chi connectivity index (χ4n) is 1.63. The average molecular weight is 233 g/mol. The highest BCUT2D eigenvalue weighted by molar-refractivity contribution is 5.98. The molecular formula is C12H15N3O2. The second-order valence-corrected chi connectivity index (χ2v) is 3.82. The van der Waals surface area contributed by atoms with E-state index in [0.29, 0.717) is 5.69 Å². The van der Waals surface area contributed by atoms with Crippen molar-refractivity contribution in [3.63, 3.8) is 0 Å². The zero-order valence-electron chi connectivity index (χ0n) is 9.30. The molecule has 1 heterocycles. The number of aromatic nitrogens is 1. The van der Waals surface area contributed by atoms with Gasteiger partial charge in [0.1, 0.15) is 0 Å². The molecule has 0 fully saturated rings. The molecule has 1 unspecified atom stereocenters. The van der Waals surface area contributed by atoms with Crippen LogP contribution in [0, 0.1) is 0 Å². The molecule has 0 aliphatic rings. The van der Waals surface area contributed by atoms with E-state index in [2.05, 4.69) is 10.3 Å². The van der Waals surface area contributed by atoms with Gasteiger partial charge in [-0.25, -0.2) is 0 Å². The van der Waals surface area contributed by atoms with E-state index in [4.69, 9.17) is 10.8 Å². The van der Waals surface area contributed by atoms with Gasteiger partial charge in [-0.15, -0.1) is 0 Å². The molecule has 1 atom stereocenters. The van der Waals surface area contributed by atoms with E-state index in [9.17, 15) is 5.11 Å². The molecule has 1 aromatic carbocycles. The van der Waals surface area contributed by atoms with Gasteiger partial charge in [0.25, 0.3) is 0 Å². The second kappa shape index (κ2) is 4.99. The largest absolute Gasteiger partial charge is 0.398 e. The minimum absolute atomic E-state index is 0.270. The Morgan fingerprint density at radius 3 is 2.94 bits per heavy atom. The molecule has 0 saturated heterocycles. The molecule has 5 N–H and O–H groups in total. The molecule has 0 aliphatic carbocycles. The van der Waals surface area contributed by atoms with Crippen LogP contribution in [-0.2, 0) is 0 Å². The summed E-state index contributed by atoms with van der Waals surface area (Å²) < 4.78 is 0. The molecule has 90 valence electrons. The van der Waals surface area contributed by atoms with Crippen molar-refractivity contribution in [1.29, 1.82) is 0 Å². The Morgan fingerprint density at radius 2 is 2.18 bits per heavy atom. The van der Waals surface area contributed by atoms with Crippen molar-refractivity contribution in [1.82, 2.24) is 4.98 Å². The number of nitrogen functional groups attached to an aromatic ring is 1. The van der Waals surface area contributed by atoms with Gasteiger partial charge >= 0.3 is 0 Å². The summed E-state index contributed by atoms with van der Waals surface area (Å²) >= 11 is 0. The summed E-state index contributed by atoms with van der Waals surface area (Å²) in [7, 11) is 0. The van der Waals surface area contributed by atoms with E-state index >= 15 is 0 Å². The number of nitrogens with zero attached hydrogens (tertiary/aromatic N) is 1. The lowest BCUT2D eigenvalue weighted by Crippen LogP contribution is -2.23. The number of hydrogen-bond acceptors (Lipinski definition) is 5. The van der Waals surface area contributed by atoms with Crippen molar-refractivity contribution in [3.8, 4) is 0 Å². The van der Waals surface area contributed by atoms with E-state index in [1.54, 1.807) is 12.3 Å². The van der Waals surface area contributed by atoms with Crippen LogP contribution in [0.25, 0.3) is 10.9 Å². The van der Waals surface area contributed by atoms with Crippen LogP contribution in [0.15, 0.2) is 30.5 Å². The van der Waals surface area contributed by atoms with Crippen LogP contribution >= 0.6 is 0 Å². The number of aliphatic hydroxyl groups excluding tert-OH is 2. The number of anilines is 2. The van der Waals surface area contributed by atoms with Gasteiger partial charge in [0.15, 0.2) is 0 Å². The Hall–Kier alpha value is -1.85. The fraction of sp³-hybridized carbons (Fsp3) is 0.250. The Balaban J connectivity index is 2.32. The maximum atomic E-state index is 9.29. The Kier molecular flexibility index (Phi) is 3.41. The molecule has 1 aromatic heterocycles. The highest BCUT2D eigenvalue weighted by Crippen LogP contribution is 2.25. The first kappa shape index (κ1) is 11.6. The van der Waals surface area contributed by atoms with Crippen molar-refractivity contribution in [2.24, 2.45) is 0 Å². The highest BCUT2D eigenvalue weighted by atomic mass is 16.3. The second-order valence-electron chi connectivity index (χ2n) is 3.82. The number of nitrogens with one attached hydrogen (secondary N) is 1. The first-order valence-corrected chi connectivity index (χ1v) is 5.38. The SMILES string of the molecule is Nc1ccc(NCC(O)CO)c2ncccc12. The maximum Gasteiger partial charge on any atom is 0.0953 e. The molecule has 17 heavy (non-hydrogen) atoms. The minimum Gasteiger partial charge on any atom is -0.398 e. The highest BCUT2D eigenvalue weighted by Gasteiger charge is 2.06. The van der Waals surface area contributed by atoms with Crippen LogP contribution in [0.5, 0.6) is 0 Å². The van der Waals surface area contributed by atoms with Gasteiger partial charge in [-0.05, 0) is 24.3 Å². The van der Waals surface area contributed by atoms with Gasteiger partial charge in [-0.2, -0.15) is 0 Å². The summed E-state index contributed by atoms with van der Waals surface area (Å²) in [5.74, 6) is 0. The summed E-state index contributed by atoms with van der Waals surface area (Å²) in [6.07, 6.45) is 0.904. The normalized spacial score (nSPS) is 12.6. The van der Waals surface area contributed by atoms with Crippen molar-refractivity contribution in [3.05, 3.63) is 30.5 Å².